The van der Waals surface area contributed by atoms with Crippen molar-refractivity contribution in [2.75, 3.05) is 39.8 Å². The second-order valence-corrected chi connectivity index (χ2v) is 5.10. The van der Waals surface area contributed by atoms with Crippen LogP contribution in [0, 0.1) is 0 Å². The topological polar surface area (TPSA) is 35.6 Å². The molecule has 0 bridgehead atoms. The van der Waals surface area contributed by atoms with Gasteiger partial charge in [-0.25, -0.2) is 0 Å². The maximum Gasteiger partial charge on any atom is 0.237 e. The maximum atomic E-state index is 11.9. The van der Waals surface area contributed by atoms with E-state index in [2.05, 4.69) is 31.0 Å². The van der Waals surface area contributed by atoms with Gasteiger partial charge < -0.3 is 10.2 Å². The van der Waals surface area contributed by atoms with Crippen molar-refractivity contribution in [2.45, 2.75) is 26.3 Å². The van der Waals surface area contributed by atoms with Crippen LogP contribution < -0.4 is 5.32 Å². The largest absolute Gasteiger partial charge is 0.335 e. The molecule has 0 saturated carbocycles. The molecule has 1 N–H and O–H groups in total. The van der Waals surface area contributed by atoms with Gasteiger partial charge in [0.15, 0.2) is 0 Å². The molecule has 88 valence electrons. The van der Waals surface area contributed by atoms with E-state index in [0.717, 1.165) is 26.2 Å². The molecule has 4 nitrogen and oxygen atoms in total. The zero-order valence-electron chi connectivity index (χ0n) is 10.3. The van der Waals surface area contributed by atoms with Crippen LogP contribution in [0.2, 0.25) is 0 Å². The molecule has 1 rings (SSSR count). The smallest absolute Gasteiger partial charge is 0.237 e. The van der Waals surface area contributed by atoms with Crippen molar-refractivity contribution in [1.82, 2.24) is 15.1 Å². The van der Waals surface area contributed by atoms with Crippen LogP contribution >= 0.6 is 0 Å². The van der Waals surface area contributed by atoms with Gasteiger partial charge in [-0.05, 0) is 27.8 Å². The zero-order valence-corrected chi connectivity index (χ0v) is 10.3. The number of carbonyl (C=O) groups excluding carboxylic acids is 1. The number of rotatable bonds is 3. The van der Waals surface area contributed by atoms with Crippen LogP contribution in [0.15, 0.2) is 0 Å². The van der Waals surface area contributed by atoms with Crippen molar-refractivity contribution in [3.8, 4) is 0 Å². The minimum absolute atomic E-state index is 0.0355. The Bertz CT molecular complexity index is 222. The SMILES string of the molecule is CNCCN1CCN(C(C)(C)C)C(=O)C1. The Balaban J connectivity index is 2.45. The monoisotopic (exact) mass is 213 g/mol. The molecule has 0 spiro atoms. The fourth-order valence-corrected chi connectivity index (χ4v) is 1.89. The Morgan fingerprint density at radius 2 is 2.00 bits per heavy atom. The van der Waals surface area contributed by atoms with Crippen LogP contribution in [0.3, 0.4) is 0 Å². The van der Waals surface area contributed by atoms with Crippen molar-refractivity contribution in [3.05, 3.63) is 0 Å². The van der Waals surface area contributed by atoms with Gasteiger partial charge in [0, 0.05) is 31.7 Å². The van der Waals surface area contributed by atoms with Gasteiger partial charge in [0.05, 0.1) is 6.54 Å². The van der Waals surface area contributed by atoms with Gasteiger partial charge in [0.25, 0.3) is 0 Å². The Kier molecular flexibility index (Phi) is 4.11. The lowest BCUT2D eigenvalue weighted by molar-refractivity contribution is -0.141. The van der Waals surface area contributed by atoms with Crippen molar-refractivity contribution >= 4 is 5.91 Å². The van der Waals surface area contributed by atoms with Crippen molar-refractivity contribution in [2.24, 2.45) is 0 Å². The number of likely N-dealkylation sites (N-methyl/N-ethyl adjacent to an activating group) is 1. The third kappa shape index (κ3) is 3.47. The summed E-state index contributed by atoms with van der Waals surface area (Å²) in [6.45, 7) is 10.6. The Hall–Kier alpha value is -0.610. The number of nitrogens with one attached hydrogen (secondary N) is 1. The minimum atomic E-state index is -0.0355. The predicted octanol–water partition coefficient (Wildman–Crippen LogP) is 0.149. The van der Waals surface area contributed by atoms with Gasteiger partial charge in [-0.2, -0.15) is 0 Å². The molecule has 1 saturated heterocycles. The third-order valence-corrected chi connectivity index (χ3v) is 2.79. The van der Waals surface area contributed by atoms with Gasteiger partial charge in [-0.3, -0.25) is 9.69 Å². The molecule has 1 amide bonds. The highest BCUT2D eigenvalue weighted by Gasteiger charge is 2.30. The summed E-state index contributed by atoms with van der Waals surface area (Å²) in [5.41, 5.74) is -0.0355. The molecule has 1 heterocycles. The van der Waals surface area contributed by atoms with Crippen molar-refractivity contribution in [1.29, 1.82) is 0 Å². The fraction of sp³-hybridized carbons (Fsp3) is 0.909. The summed E-state index contributed by atoms with van der Waals surface area (Å²) < 4.78 is 0. The predicted molar refractivity (Wildman–Crippen MR) is 61.8 cm³/mol. The Morgan fingerprint density at radius 3 is 2.47 bits per heavy atom. The van der Waals surface area contributed by atoms with Crippen LogP contribution in [0.1, 0.15) is 20.8 Å². The van der Waals surface area contributed by atoms with Gasteiger partial charge >= 0.3 is 0 Å². The first-order chi connectivity index (χ1) is 6.95. The number of hydrogen-bond donors (Lipinski definition) is 1. The lowest BCUT2D eigenvalue weighted by Gasteiger charge is -2.42. The zero-order chi connectivity index (χ0) is 11.5. The van der Waals surface area contributed by atoms with E-state index in [9.17, 15) is 4.79 Å². The molecule has 0 unspecified atom stereocenters. The number of carbonyl (C=O) groups is 1. The van der Waals surface area contributed by atoms with E-state index >= 15 is 0 Å². The average molecular weight is 213 g/mol. The number of hydrogen-bond acceptors (Lipinski definition) is 3. The molecule has 0 aromatic carbocycles. The standard InChI is InChI=1S/C11H23N3O/c1-11(2,3)14-8-7-13(6-5-12-4)9-10(14)15/h12H,5-9H2,1-4H3. The van der Waals surface area contributed by atoms with Gasteiger partial charge in [0.2, 0.25) is 5.91 Å². The van der Waals surface area contributed by atoms with Gasteiger partial charge in [0.1, 0.15) is 0 Å². The van der Waals surface area contributed by atoms with Gasteiger partial charge in [-0.15, -0.1) is 0 Å². The lowest BCUT2D eigenvalue weighted by atomic mass is 10.0. The molecule has 1 aliphatic heterocycles. The second kappa shape index (κ2) is 4.94. The van der Waals surface area contributed by atoms with E-state index in [1.54, 1.807) is 0 Å². The number of amides is 1. The van der Waals surface area contributed by atoms with Crippen LogP contribution in [0.5, 0.6) is 0 Å². The molecule has 0 aromatic heterocycles. The van der Waals surface area contributed by atoms with Crippen molar-refractivity contribution < 1.29 is 4.79 Å². The molecular formula is C11H23N3O. The summed E-state index contributed by atoms with van der Waals surface area (Å²) in [6.07, 6.45) is 0. The molecule has 0 atom stereocenters. The average Bonchev–Trinajstić information content (AvgIpc) is 2.12. The summed E-state index contributed by atoms with van der Waals surface area (Å²) in [7, 11) is 1.94. The molecule has 1 fully saturated rings. The van der Waals surface area contributed by atoms with E-state index in [1.807, 2.05) is 11.9 Å². The van der Waals surface area contributed by atoms with Crippen LogP contribution in [0.25, 0.3) is 0 Å². The van der Waals surface area contributed by atoms with E-state index in [4.69, 9.17) is 0 Å². The Morgan fingerprint density at radius 1 is 1.33 bits per heavy atom. The molecular weight excluding hydrogens is 190 g/mol. The fourth-order valence-electron chi connectivity index (χ4n) is 1.89. The highest BCUT2D eigenvalue weighted by atomic mass is 16.2. The van der Waals surface area contributed by atoms with E-state index in [0.29, 0.717) is 6.54 Å². The molecule has 0 aliphatic carbocycles. The summed E-state index contributed by atoms with van der Waals surface area (Å²) in [5.74, 6) is 0.254. The summed E-state index contributed by atoms with van der Waals surface area (Å²) in [5, 5.41) is 3.10. The first kappa shape index (κ1) is 12.5. The van der Waals surface area contributed by atoms with E-state index in [1.165, 1.54) is 0 Å². The summed E-state index contributed by atoms with van der Waals surface area (Å²) >= 11 is 0. The molecule has 0 radical (unpaired) electrons. The third-order valence-electron chi connectivity index (χ3n) is 2.79. The summed E-state index contributed by atoms with van der Waals surface area (Å²) in [6, 6.07) is 0. The van der Waals surface area contributed by atoms with E-state index < -0.39 is 0 Å². The molecule has 0 aromatic rings. The highest BCUT2D eigenvalue weighted by molar-refractivity contribution is 5.79. The van der Waals surface area contributed by atoms with E-state index in [-0.39, 0.29) is 11.4 Å². The van der Waals surface area contributed by atoms with Gasteiger partial charge in [-0.1, -0.05) is 0 Å². The highest BCUT2D eigenvalue weighted by Crippen LogP contribution is 2.16. The minimum Gasteiger partial charge on any atom is -0.335 e. The van der Waals surface area contributed by atoms with Crippen molar-refractivity contribution in [3.63, 3.8) is 0 Å². The number of piperazine rings is 1. The summed E-state index contributed by atoms with van der Waals surface area (Å²) in [4.78, 5) is 16.1. The molecule has 15 heavy (non-hydrogen) atoms. The Labute approximate surface area is 92.6 Å². The van der Waals surface area contributed by atoms with Crippen LogP contribution in [0.4, 0.5) is 0 Å². The second-order valence-electron chi connectivity index (χ2n) is 5.10. The first-order valence-corrected chi connectivity index (χ1v) is 5.62. The molecule has 4 heteroatoms. The normalized spacial score (nSPS) is 19.7. The number of nitrogens with zero attached hydrogens (tertiary/aromatic N) is 2. The quantitative estimate of drug-likeness (QED) is 0.725. The maximum absolute atomic E-state index is 11.9. The van der Waals surface area contributed by atoms with Crippen LogP contribution in [-0.4, -0.2) is 61.0 Å². The molecule has 1 aliphatic rings. The van der Waals surface area contributed by atoms with Crippen LogP contribution in [-0.2, 0) is 4.79 Å². The lowest BCUT2D eigenvalue weighted by Crippen LogP contribution is -2.57. The first-order valence-electron chi connectivity index (χ1n) is 5.62.